The third-order valence-electron chi connectivity index (χ3n) is 2.92. The van der Waals surface area contributed by atoms with Crippen LogP contribution in [0.25, 0.3) is 10.6 Å². The van der Waals surface area contributed by atoms with E-state index in [0.29, 0.717) is 0 Å². The van der Waals surface area contributed by atoms with E-state index in [4.69, 9.17) is 0 Å². The van der Waals surface area contributed by atoms with Crippen molar-refractivity contribution in [3.63, 3.8) is 0 Å². The van der Waals surface area contributed by atoms with Gasteiger partial charge >= 0.3 is 0 Å². The zero-order valence-corrected chi connectivity index (χ0v) is 13.5. The van der Waals surface area contributed by atoms with E-state index in [0.717, 1.165) is 16.1 Å². The molecular weight excluding hydrogens is 367 g/mol. The highest BCUT2D eigenvalue weighted by molar-refractivity contribution is 14.1. The summed E-state index contributed by atoms with van der Waals surface area (Å²) in [4.78, 5) is 7.21. The molecule has 0 aliphatic heterocycles. The Bertz CT molecular complexity index is 685. The summed E-state index contributed by atoms with van der Waals surface area (Å²) in [6, 6.07) is 14.8. The Labute approximate surface area is 130 Å². The van der Waals surface area contributed by atoms with Crippen molar-refractivity contribution in [1.29, 1.82) is 0 Å². The van der Waals surface area contributed by atoms with E-state index in [2.05, 4.69) is 81.7 Å². The molecular formula is C15H13IN2S. The van der Waals surface area contributed by atoms with E-state index in [1.54, 1.807) is 11.3 Å². The first-order valence-corrected chi connectivity index (χ1v) is 7.95. The highest BCUT2D eigenvalue weighted by Crippen LogP contribution is 2.27. The molecule has 0 saturated carbocycles. The van der Waals surface area contributed by atoms with E-state index in [9.17, 15) is 0 Å². The van der Waals surface area contributed by atoms with Crippen molar-refractivity contribution in [1.82, 2.24) is 9.55 Å². The largest absolute Gasteiger partial charge is 0.321 e. The third-order valence-corrected chi connectivity index (χ3v) is 4.80. The van der Waals surface area contributed by atoms with Crippen LogP contribution in [0.4, 0.5) is 0 Å². The van der Waals surface area contributed by atoms with Crippen molar-refractivity contribution in [3.05, 3.63) is 62.9 Å². The average Bonchev–Trinajstić information content (AvgIpc) is 2.98. The van der Waals surface area contributed by atoms with Gasteiger partial charge in [0.2, 0.25) is 0 Å². The molecule has 0 fully saturated rings. The minimum absolute atomic E-state index is 0.871. The highest BCUT2D eigenvalue weighted by atomic mass is 127. The Kier molecular flexibility index (Phi) is 3.70. The van der Waals surface area contributed by atoms with E-state index < -0.39 is 0 Å². The number of benzene rings is 1. The third kappa shape index (κ3) is 2.90. The van der Waals surface area contributed by atoms with Crippen LogP contribution in [0, 0.1) is 10.8 Å². The Balaban J connectivity index is 1.90. The van der Waals surface area contributed by atoms with Gasteiger partial charge in [-0.2, -0.15) is 0 Å². The molecule has 2 heterocycles. The first kappa shape index (κ1) is 12.9. The van der Waals surface area contributed by atoms with Gasteiger partial charge < -0.3 is 4.57 Å². The number of hydrogen-bond acceptors (Lipinski definition) is 2. The van der Waals surface area contributed by atoms with Crippen LogP contribution in [0.3, 0.4) is 0 Å². The first-order valence-electron chi connectivity index (χ1n) is 6.06. The van der Waals surface area contributed by atoms with Gasteiger partial charge in [0.05, 0.1) is 10.6 Å². The van der Waals surface area contributed by atoms with Gasteiger partial charge in [-0.3, -0.25) is 0 Å². The van der Waals surface area contributed by atoms with Crippen molar-refractivity contribution < 1.29 is 0 Å². The van der Waals surface area contributed by atoms with Gasteiger partial charge in [-0.15, -0.1) is 11.3 Å². The molecule has 0 amide bonds. The quantitative estimate of drug-likeness (QED) is 0.609. The highest BCUT2D eigenvalue weighted by Gasteiger charge is 2.09. The number of aromatic nitrogens is 2. The van der Waals surface area contributed by atoms with Crippen LogP contribution in [0.2, 0.25) is 0 Å². The fourth-order valence-electron chi connectivity index (χ4n) is 1.98. The lowest BCUT2D eigenvalue weighted by Crippen LogP contribution is -2.00. The Morgan fingerprint density at radius 1 is 1.16 bits per heavy atom. The lowest BCUT2D eigenvalue weighted by atomic mass is 10.2. The van der Waals surface area contributed by atoms with Crippen molar-refractivity contribution in [2.45, 2.75) is 13.5 Å². The second-order valence-corrected chi connectivity index (χ2v) is 6.67. The van der Waals surface area contributed by atoms with Gasteiger partial charge in [0.15, 0.2) is 3.83 Å². The molecule has 0 saturated heterocycles. The summed E-state index contributed by atoms with van der Waals surface area (Å²) in [6.45, 7) is 3.00. The maximum absolute atomic E-state index is 4.65. The molecule has 2 nitrogen and oxygen atoms in total. The molecule has 0 unspecified atom stereocenters. The summed E-state index contributed by atoms with van der Waals surface area (Å²) in [6.07, 6.45) is 2.14. The van der Waals surface area contributed by atoms with Gasteiger partial charge in [-0.05, 0) is 47.2 Å². The number of nitrogens with zero attached hydrogens (tertiary/aromatic N) is 2. The number of halogens is 1. The second kappa shape index (κ2) is 5.46. The summed E-state index contributed by atoms with van der Waals surface area (Å²) in [5.41, 5.74) is 2.37. The number of hydrogen-bond donors (Lipinski definition) is 0. The van der Waals surface area contributed by atoms with Crippen molar-refractivity contribution >= 4 is 33.9 Å². The van der Waals surface area contributed by atoms with Gasteiger partial charge in [0, 0.05) is 17.6 Å². The van der Waals surface area contributed by atoms with Crippen molar-refractivity contribution in [2.75, 3.05) is 0 Å². The molecule has 1 aromatic carbocycles. The van der Waals surface area contributed by atoms with E-state index in [-0.39, 0.29) is 0 Å². The SMILES string of the molecule is Cc1ccc(-c2cn(Cc3ccccc3)c(I)n2)s1. The van der Waals surface area contributed by atoms with Gasteiger partial charge in [0.1, 0.15) is 0 Å². The Morgan fingerprint density at radius 2 is 1.95 bits per heavy atom. The number of thiophene rings is 1. The summed E-state index contributed by atoms with van der Waals surface area (Å²) in [5, 5.41) is 0. The predicted octanol–water partition coefficient (Wildman–Crippen LogP) is 4.57. The predicted molar refractivity (Wildman–Crippen MR) is 88.5 cm³/mol. The van der Waals surface area contributed by atoms with Gasteiger partial charge in [-0.25, -0.2) is 4.98 Å². The molecule has 4 heteroatoms. The minimum atomic E-state index is 0.871. The fraction of sp³-hybridized carbons (Fsp3) is 0.133. The number of rotatable bonds is 3. The van der Waals surface area contributed by atoms with Crippen LogP contribution in [0.15, 0.2) is 48.7 Å². The molecule has 0 aliphatic rings. The van der Waals surface area contributed by atoms with E-state index in [1.807, 2.05) is 6.07 Å². The van der Waals surface area contributed by atoms with Crippen LogP contribution >= 0.6 is 33.9 Å². The molecule has 0 radical (unpaired) electrons. The molecule has 0 atom stereocenters. The number of imidazole rings is 1. The van der Waals surface area contributed by atoms with Crippen LogP contribution in [-0.2, 0) is 6.54 Å². The molecule has 3 rings (SSSR count). The lowest BCUT2D eigenvalue weighted by Gasteiger charge is -2.03. The fourth-order valence-corrected chi connectivity index (χ4v) is 3.37. The minimum Gasteiger partial charge on any atom is -0.321 e. The number of aryl methyl sites for hydroxylation is 1. The molecule has 96 valence electrons. The lowest BCUT2D eigenvalue weighted by molar-refractivity contribution is 0.772. The molecule has 0 bridgehead atoms. The van der Waals surface area contributed by atoms with Gasteiger partial charge in [-0.1, -0.05) is 30.3 Å². The van der Waals surface area contributed by atoms with Crippen LogP contribution in [0.1, 0.15) is 10.4 Å². The van der Waals surface area contributed by atoms with Crippen LogP contribution in [-0.4, -0.2) is 9.55 Å². The normalized spacial score (nSPS) is 10.8. The molecule has 19 heavy (non-hydrogen) atoms. The molecule has 3 aromatic rings. The average molecular weight is 380 g/mol. The summed E-state index contributed by atoms with van der Waals surface area (Å²) >= 11 is 4.09. The van der Waals surface area contributed by atoms with Crippen molar-refractivity contribution in [3.8, 4) is 10.6 Å². The van der Waals surface area contributed by atoms with Crippen LogP contribution in [0.5, 0.6) is 0 Å². The molecule has 0 N–H and O–H groups in total. The smallest absolute Gasteiger partial charge is 0.172 e. The van der Waals surface area contributed by atoms with Gasteiger partial charge in [0.25, 0.3) is 0 Å². The topological polar surface area (TPSA) is 17.8 Å². The standard InChI is InChI=1S/C15H13IN2S/c1-11-7-8-14(19-11)13-10-18(15(16)17-13)9-12-5-3-2-4-6-12/h2-8,10H,9H2,1H3. The van der Waals surface area contributed by atoms with E-state index >= 15 is 0 Å². The van der Waals surface area contributed by atoms with Crippen LogP contribution < -0.4 is 0 Å². The maximum Gasteiger partial charge on any atom is 0.172 e. The molecule has 0 spiro atoms. The summed E-state index contributed by atoms with van der Waals surface area (Å²) < 4.78 is 3.22. The monoisotopic (exact) mass is 380 g/mol. The zero-order valence-electron chi connectivity index (χ0n) is 10.5. The maximum atomic E-state index is 4.65. The van der Waals surface area contributed by atoms with E-state index in [1.165, 1.54) is 15.3 Å². The second-order valence-electron chi connectivity index (χ2n) is 4.42. The molecule has 0 aliphatic carbocycles. The summed E-state index contributed by atoms with van der Waals surface area (Å²) in [7, 11) is 0. The Hall–Kier alpha value is -1.14. The van der Waals surface area contributed by atoms with Crippen molar-refractivity contribution in [2.24, 2.45) is 0 Å². The Morgan fingerprint density at radius 3 is 2.63 bits per heavy atom. The first-order chi connectivity index (χ1) is 9.22. The summed E-state index contributed by atoms with van der Waals surface area (Å²) in [5.74, 6) is 0. The molecule has 2 aromatic heterocycles. The zero-order chi connectivity index (χ0) is 13.2.